The summed E-state index contributed by atoms with van der Waals surface area (Å²) in [6.45, 7) is 13.7. The molecule has 2 aromatic heterocycles. The Balaban J connectivity index is 1.33. The number of hydrogen-bond acceptors (Lipinski definition) is 6. The number of nitrogens with zero attached hydrogens (tertiary/aromatic N) is 4. The summed E-state index contributed by atoms with van der Waals surface area (Å²) in [6.07, 6.45) is 0.784. The van der Waals surface area contributed by atoms with Crippen molar-refractivity contribution in [3.63, 3.8) is 0 Å². The van der Waals surface area contributed by atoms with Gasteiger partial charge in [-0.05, 0) is 44.2 Å². The zero-order valence-electron chi connectivity index (χ0n) is 20.8. The summed E-state index contributed by atoms with van der Waals surface area (Å²) in [4.78, 5) is 15.7. The Bertz CT molecular complexity index is 1110. The lowest BCUT2D eigenvalue weighted by atomic mass is 10.0. The largest absolute Gasteiger partial charge is 0.492 e. The lowest BCUT2D eigenvalue weighted by Gasteiger charge is -2.32. The standard InChI is InChI=1S/C27H37N5O2/c1-20-21(2)28-26-5-4-22(17-25(20)26)16-23-18-24(19-27(29-23)32-11-13-33-14-12-32)34-15-10-31-8-6-30(3)7-9-31/h4-5,17-19,28H,6-16H2,1-3H3. The van der Waals surface area contributed by atoms with Gasteiger partial charge in [-0.1, -0.05) is 6.07 Å². The third kappa shape index (κ3) is 5.37. The smallest absolute Gasteiger partial charge is 0.132 e. The number of pyridine rings is 1. The number of fused-ring (bicyclic) bond motifs is 1. The number of morpholine rings is 1. The normalized spacial score (nSPS) is 18.0. The van der Waals surface area contributed by atoms with Gasteiger partial charge in [0.1, 0.15) is 18.2 Å². The maximum atomic E-state index is 6.28. The number of nitrogens with one attached hydrogen (secondary N) is 1. The number of benzene rings is 1. The van der Waals surface area contributed by atoms with Crippen LogP contribution in [-0.4, -0.2) is 92.4 Å². The van der Waals surface area contributed by atoms with Gasteiger partial charge in [0.15, 0.2) is 0 Å². The molecule has 0 saturated carbocycles. The highest BCUT2D eigenvalue weighted by Crippen LogP contribution is 2.26. The monoisotopic (exact) mass is 463 g/mol. The zero-order chi connectivity index (χ0) is 23.5. The van der Waals surface area contributed by atoms with Crippen LogP contribution in [0.1, 0.15) is 22.5 Å². The highest BCUT2D eigenvalue weighted by molar-refractivity contribution is 5.85. The molecular formula is C27H37N5O2. The van der Waals surface area contributed by atoms with E-state index in [0.29, 0.717) is 6.61 Å². The van der Waals surface area contributed by atoms with Crippen molar-refractivity contribution in [2.24, 2.45) is 0 Å². The minimum Gasteiger partial charge on any atom is -0.492 e. The Hall–Kier alpha value is -2.61. The second-order valence-corrected chi connectivity index (χ2v) is 9.68. The fraction of sp³-hybridized carbons (Fsp3) is 0.519. The van der Waals surface area contributed by atoms with Crippen LogP contribution < -0.4 is 9.64 Å². The average Bonchev–Trinajstić information content (AvgIpc) is 3.14. The van der Waals surface area contributed by atoms with Crippen molar-refractivity contribution < 1.29 is 9.47 Å². The van der Waals surface area contributed by atoms with Gasteiger partial charge in [-0.15, -0.1) is 0 Å². The van der Waals surface area contributed by atoms with Gasteiger partial charge in [0.2, 0.25) is 0 Å². The molecule has 2 saturated heterocycles. The molecule has 7 nitrogen and oxygen atoms in total. The van der Waals surface area contributed by atoms with Crippen LogP contribution in [0.4, 0.5) is 5.82 Å². The van der Waals surface area contributed by atoms with Gasteiger partial charge in [-0.3, -0.25) is 4.90 Å². The van der Waals surface area contributed by atoms with Crippen LogP contribution in [0.2, 0.25) is 0 Å². The van der Waals surface area contributed by atoms with E-state index in [0.717, 1.165) is 82.7 Å². The lowest BCUT2D eigenvalue weighted by molar-refractivity contribution is 0.122. The van der Waals surface area contributed by atoms with Crippen molar-refractivity contribution in [3.8, 4) is 5.75 Å². The Labute approximate surface area is 202 Å². The van der Waals surface area contributed by atoms with Crippen molar-refractivity contribution in [1.29, 1.82) is 0 Å². The molecule has 0 aliphatic carbocycles. The van der Waals surface area contributed by atoms with Gasteiger partial charge in [-0.2, -0.15) is 0 Å². The molecule has 0 atom stereocenters. The second-order valence-electron chi connectivity index (χ2n) is 9.68. The van der Waals surface area contributed by atoms with E-state index in [2.05, 4.69) is 70.9 Å². The molecule has 1 N–H and O–H groups in total. The number of hydrogen-bond donors (Lipinski definition) is 1. The predicted octanol–water partition coefficient (Wildman–Crippen LogP) is 3.23. The second kappa shape index (κ2) is 10.3. The highest BCUT2D eigenvalue weighted by atomic mass is 16.5. The molecule has 182 valence electrons. The Morgan fingerprint density at radius 3 is 2.59 bits per heavy atom. The number of aryl methyl sites for hydroxylation is 2. The number of aromatic amines is 1. The fourth-order valence-electron chi connectivity index (χ4n) is 4.86. The van der Waals surface area contributed by atoms with E-state index in [4.69, 9.17) is 14.5 Å². The van der Waals surface area contributed by atoms with Crippen molar-refractivity contribution in [1.82, 2.24) is 19.8 Å². The van der Waals surface area contributed by atoms with Crippen LogP contribution in [0, 0.1) is 13.8 Å². The molecular weight excluding hydrogens is 426 g/mol. The summed E-state index contributed by atoms with van der Waals surface area (Å²) in [5.74, 6) is 1.90. The van der Waals surface area contributed by atoms with Gasteiger partial charge >= 0.3 is 0 Å². The summed E-state index contributed by atoms with van der Waals surface area (Å²) >= 11 is 0. The first-order valence-corrected chi connectivity index (χ1v) is 12.5. The molecule has 5 rings (SSSR count). The van der Waals surface area contributed by atoms with Gasteiger partial charge in [0, 0.05) is 81.0 Å². The van der Waals surface area contributed by atoms with Crippen LogP contribution in [0.25, 0.3) is 10.9 Å². The van der Waals surface area contributed by atoms with E-state index in [-0.39, 0.29) is 0 Å². The number of anilines is 1. The number of likely N-dealkylation sites (N-methyl/N-ethyl adjacent to an activating group) is 1. The summed E-state index contributed by atoms with van der Waals surface area (Å²) in [5.41, 5.74) is 6.06. The molecule has 0 bridgehead atoms. The molecule has 0 spiro atoms. The van der Waals surface area contributed by atoms with E-state index in [1.807, 2.05) is 0 Å². The summed E-state index contributed by atoms with van der Waals surface area (Å²) in [6, 6.07) is 10.9. The molecule has 1 aromatic carbocycles. The predicted molar refractivity (Wildman–Crippen MR) is 137 cm³/mol. The number of piperazine rings is 1. The quantitative estimate of drug-likeness (QED) is 0.581. The van der Waals surface area contributed by atoms with Gasteiger partial charge in [0.05, 0.1) is 18.9 Å². The van der Waals surface area contributed by atoms with Crippen molar-refractivity contribution in [2.75, 3.05) is 77.6 Å². The highest BCUT2D eigenvalue weighted by Gasteiger charge is 2.17. The first-order valence-electron chi connectivity index (χ1n) is 12.5. The van der Waals surface area contributed by atoms with E-state index >= 15 is 0 Å². The molecule has 2 fully saturated rings. The van der Waals surface area contributed by atoms with Gasteiger partial charge < -0.3 is 24.3 Å². The van der Waals surface area contributed by atoms with Gasteiger partial charge in [-0.25, -0.2) is 4.98 Å². The molecule has 2 aliphatic heterocycles. The topological polar surface area (TPSA) is 56.9 Å². The van der Waals surface area contributed by atoms with E-state index in [9.17, 15) is 0 Å². The van der Waals surface area contributed by atoms with Crippen LogP contribution in [0.15, 0.2) is 30.3 Å². The minimum atomic E-state index is 0.698. The van der Waals surface area contributed by atoms with Crippen LogP contribution in [-0.2, 0) is 11.2 Å². The Morgan fingerprint density at radius 2 is 1.79 bits per heavy atom. The van der Waals surface area contributed by atoms with E-state index in [1.165, 1.54) is 27.7 Å². The van der Waals surface area contributed by atoms with Crippen LogP contribution in [0.3, 0.4) is 0 Å². The van der Waals surface area contributed by atoms with Crippen molar-refractivity contribution in [2.45, 2.75) is 20.3 Å². The SMILES string of the molecule is Cc1[nH]c2ccc(Cc3cc(OCCN4CCN(C)CC4)cc(N4CCOCC4)n3)cc2c1C. The maximum Gasteiger partial charge on any atom is 0.132 e. The number of aromatic nitrogens is 2. The van der Waals surface area contributed by atoms with Gasteiger partial charge in [0.25, 0.3) is 0 Å². The molecule has 0 radical (unpaired) electrons. The Morgan fingerprint density at radius 1 is 1.00 bits per heavy atom. The van der Waals surface area contributed by atoms with Crippen LogP contribution >= 0.6 is 0 Å². The van der Waals surface area contributed by atoms with E-state index < -0.39 is 0 Å². The molecule has 7 heteroatoms. The first-order chi connectivity index (χ1) is 16.5. The molecule has 0 unspecified atom stereocenters. The Kier molecular flexibility index (Phi) is 7.04. The summed E-state index contributed by atoms with van der Waals surface area (Å²) in [7, 11) is 2.19. The molecule has 4 heterocycles. The van der Waals surface area contributed by atoms with Crippen LogP contribution in [0.5, 0.6) is 5.75 Å². The molecule has 2 aliphatic rings. The average molecular weight is 464 g/mol. The maximum absolute atomic E-state index is 6.28. The number of H-pyrrole nitrogens is 1. The third-order valence-electron chi connectivity index (χ3n) is 7.20. The number of rotatable bonds is 7. The molecule has 34 heavy (non-hydrogen) atoms. The summed E-state index contributed by atoms with van der Waals surface area (Å²) in [5, 5.41) is 1.29. The minimum absolute atomic E-state index is 0.698. The molecule has 0 amide bonds. The summed E-state index contributed by atoms with van der Waals surface area (Å²) < 4.78 is 11.8. The zero-order valence-corrected chi connectivity index (χ0v) is 20.8. The molecule has 3 aromatic rings. The first kappa shape index (κ1) is 23.1. The number of ether oxygens (including phenoxy) is 2. The third-order valence-corrected chi connectivity index (χ3v) is 7.20. The van der Waals surface area contributed by atoms with E-state index in [1.54, 1.807) is 0 Å². The van der Waals surface area contributed by atoms with Crippen molar-refractivity contribution in [3.05, 3.63) is 52.8 Å². The fourth-order valence-corrected chi connectivity index (χ4v) is 4.86. The van der Waals surface area contributed by atoms with Crippen molar-refractivity contribution >= 4 is 16.7 Å². The lowest BCUT2D eigenvalue weighted by Crippen LogP contribution is -2.45.